The first-order chi connectivity index (χ1) is 9.90. The van der Waals surface area contributed by atoms with E-state index in [9.17, 15) is 5.11 Å². The first kappa shape index (κ1) is 16.5. The molecule has 0 amide bonds. The Kier molecular flexibility index (Phi) is 5.45. The normalized spacial score (nSPS) is 22.2. The van der Waals surface area contributed by atoms with E-state index in [1.807, 2.05) is 0 Å². The number of likely N-dealkylation sites (tertiary alicyclic amines) is 1. The third-order valence-electron chi connectivity index (χ3n) is 4.77. The third-order valence-corrected chi connectivity index (χ3v) is 4.77. The van der Waals surface area contributed by atoms with Crippen molar-refractivity contribution in [1.29, 1.82) is 0 Å². The van der Waals surface area contributed by atoms with Gasteiger partial charge < -0.3 is 10.0 Å². The van der Waals surface area contributed by atoms with Gasteiger partial charge in [-0.2, -0.15) is 0 Å². The molecule has 2 heteroatoms. The van der Waals surface area contributed by atoms with E-state index < -0.39 is 0 Å². The van der Waals surface area contributed by atoms with Crippen molar-refractivity contribution < 1.29 is 5.11 Å². The molecule has 0 saturated carbocycles. The van der Waals surface area contributed by atoms with Gasteiger partial charge in [0.1, 0.15) is 0 Å². The summed E-state index contributed by atoms with van der Waals surface area (Å²) in [6.45, 7) is 12.0. The predicted octanol–water partition coefficient (Wildman–Crippen LogP) is 4.14. The third kappa shape index (κ3) is 4.55. The molecule has 1 aliphatic rings. The molecule has 2 unspecified atom stereocenters. The zero-order valence-electron chi connectivity index (χ0n) is 14.1. The van der Waals surface area contributed by atoms with E-state index >= 15 is 0 Å². The molecule has 2 nitrogen and oxygen atoms in total. The van der Waals surface area contributed by atoms with Gasteiger partial charge in [-0.15, -0.1) is 0 Å². The van der Waals surface area contributed by atoms with Gasteiger partial charge in [0.2, 0.25) is 0 Å². The van der Waals surface area contributed by atoms with Crippen LogP contribution in [0.5, 0.6) is 0 Å². The standard InChI is InChI=1S/C19H31NO/c1-5-15-7-6-12-20(13-15)14-18(21)16-8-10-17(11-9-16)19(2,3)4/h8-11,15,18,21H,5-7,12-14H2,1-4H3. The summed E-state index contributed by atoms with van der Waals surface area (Å²) < 4.78 is 0. The summed E-state index contributed by atoms with van der Waals surface area (Å²) >= 11 is 0. The van der Waals surface area contributed by atoms with Gasteiger partial charge >= 0.3 is 0 Å². The predicted molar refractivity (Wildman–Crippen MR) is 89.6 cm³/mol. The molecular weight excluding hydrogens is 258 g/mol. The van der Waals surface area contributed by atoms with E-state index in [-0.39, 0.29) is 11.5 Å². The molecule has 0 bridgehead atoms. The second-order valence-corrected chi connectivity index (χ2v) is 7.56. The van der Waals surface area contributed by atoms with Crippen LogP contribution in [0.3, 0.4) is 0 Å². The Balaban J connectivity index is 1.95. The molecule has 1 heterocycles. The van der Waals surface area contributed by atoms with E-state index in [2.05, 4.69) is 56.9 Å². The molecular formula is C19H31NO. The number of nitrogens with zero attached hydrogens (tertiary/aromatic N) is 1. The summed E-state index contributed by atoms with van der Waals surface area (Å²) in [5.41, 5.74) is 2.54. The van der Waals surface area contributed by atoms with Gasteiger partial charge in [-0.1, -0.05) is 58.4 Å². The molecule has 1 aromatic carbocycles. The number of aliphatic hydroxyl groups is 1. The van der Waals surface area contributed by atoms with Crippen LogP contribution in [0.1, 0.15) is 64.2 Å². The van der Waals surface area contributed by atoms with E-state index in [4.69, 9.17) is 0 Å². The lowest BCUT2D eigenvalue weighted by molar-refractivity contribution is 0.0836. The molecule has 1 saturated heterocycles. The highest BCUT2D eigenvalue weighted by molar-refractivity contribution is 5.28. The van der Waals surface area contributed by atoms with Crippen LogP contribution in [-0.4, -0.2) is 29.6 Å². The van der Waals surface area contributed by atoms with Crippen molar-refractivity contribution in [1.82, 2.24) is 4.90 Å². The van der Waals surface area contributed by atoms with Crippen molar-refractivity contribution in [2.24, 2.45) is 5.92 Å². The van der Waals surface area contributed by atoms with E-state index in [1.165, 1.54) is 24.8 Å². The number of hydrogen-bond acceptors (Lipinski definition) is 2. The SMILES string of the molecule is CCC1CCCN(CC(O)c2ccc(C(C)(C)C)cc2)C1. The maximum absolute atomic E-state index is 10.5. The Morgan fingerprint density at radius 3 is 2.48 bits per heavy atom. The molecule has 0 radical (unpaired) electrons. The highest BCUT2D eigenvalue weighted by atomic mass is 16.3. The average Bonchev–Trinajstić information content (AvgIpc) is 2.46. The maximum atomic E-state index is 10.5. The Morgan fingerprint density at radius 1 is 1.24 bits per heavy atom. The van der Waals surface area contributed by atoms with Gasteiger partial charge in [-0.25, -0.2) is 0 Å². The molecule has 0 aliphatic carbocycles. The second-order valence-electron chi connectivity index (χ2n) is 7.56. The lowest BCUT2D eigenvalue weighted by atomic mass is 9.86. The number of β-amino-alcohol motifs (C(OH)–C–C–N with tert-alkyl or cyclic N) is 1. The molecule has 2 atom stereocenters. The van der Waals surface area contributed by atoms with Crippen molar-refractivity contribution in [3.8, 4) is 0 Å². The Hall–Kier alpha value is -0.860. The minimum atomic E-state index is -0.366. The van der Waals surface area contributed by atoms with E-state index in [1.54, 1.807) is 0 Å². The van der Waals surface area contributed by atoms with Crippen LogP contribution in [0.25, 0.3) is 0 Å². The minimum absolute atomic E-state index is 0.171. The molecule has 21 heavy (non-hydrogen) atoms. The Bertz CT molecular complexity index is 432. The zero-order chi connectivity index (χ0) is 15.5. The summed E-state index contributed by atoms with van der Waals surface area (Å²) in [5, 5.41) is 10.5. The smallest absolute Gasteiger partial charge is 0.0916 e. The fraction of sp³-hybridized carbons (Fsp3) is 0.684. The fourth-order valence-corrected chi connectivity index (χ4v) is 3.21. The molecule has 118 valence electrons. The quantitative estimate of drug-likeness (QED) is 0.900. The Morgan fingerprint density at radius 2 is 1.90 bits per heavy atom. The second kappa shape index (κ2) is 6.93. The number of aliphatic hydroxyl groups excluding tert-OH is 1. The fourth-order valence-electron chi connectivity index (χ4n) is 3.21. The van der Waals surface area contributed by atoms with Crippen molar-refractivity contribution >= 4 is 0 Å². The average molecular weight is 289 g/mol. The molecule has 2 rings (SSSR count). The van der Waals surface area contributed by atoms with Crippen molar-refractivity contribution in [3.05, 3.63) is 35.4 Å². The molecule has 1 N–H and O–H groups in total. The van der Waals surface area contributed by atoms with Crippen LogP contribution in [-0.2, 0) is 5.41 Å². The van der Waals surface area contributed by atoms with Crippen LogP contribution in [0.2, 0.25) is 0 Å². The number of rotatable bonds is 4. The Labute approximate surface area is 130 Å². The van der Waals surface area contributed by atoms with E-state index in [0.29, 0.717) is 0 Å². The van der Waals surface area contributed by atoms with Crippen LogP contribution < -0.4 is 0 Å². The molecule has 0 spiro atoms. The van der Waals surface area contributed by atoms with Crippen molar-refractivity contribution in [3.63, 3.8) is 0 Å². The first-order valence-corrected chi connectivity index (χ1v) is 8.41. The van der Waals surface area contributed by atoms with Crippen molar-refractivity contribution in [2.45, 2.75) is 58.5 Å². The molecule has 1 aromatic rings. The summed E-state index contributed by atoms with van der Waals surface area (Å²) in [4.78, 5) is 2.43. The minimum Gasteiger partial charge on any atom is -0.387 e. The summed E-state index contributed by atoms with van der Waals surface area (Å²) in [6, 6.07) is 8.49. The monoisotopic (exact) mass is 289 g/mol. The van der Waals surface area contributed by atoms with Gasteiger partial charge in [0, 0.05) is 13.1 Å². The molecule has 1 aliphatic heterocycles. The topological polar surface area (TPSA) is 23.5 Å². The summed E-state index contributed by atoms with van der Waals surface area (Å²) in [5.74, 6) is 0.814. The largest absolute Gasteiger partial charge is 0.387 e. The number of piperidine rings is 1. The highest BCUT2D eigenvalue weighted by Crippen LogP contribution is 2.25. The highest BCUT2D eigenvalue weighted by Gasteiger charge is 2.21. The first-order valence-electron chi connectivity index (χ1n) is 8.41. The van der Waals surface area contributed by atoms with Crippen LogP contribution in [0, 0.1) is 5.92 Å². The number of benzene rings is 1. The zero-order valence-corrected chi connectivity index (χ0v) is 14.1. The van der Waals surface area contributed by atoms with Gasteiger partial charge in [0.15, 0.2) is 0 Å². The lowest BCUT2D eigenvalue weighted by Gasteiger charge is -2.33. The van der Waals surface area contributed by atoms with Crippen LogP contribution in [0.4, 0.5) is 0 Å². The van der Waals surface area contributed by atoms with E-state index in [0.717, 1.165) is 31.1 Å². The summed E-state index contributed by atoms with van der Waals surface area (Å²) in [7, 11) is 0. The molecule has 1 fully saturated rings. The van der Waals surface area contributed by atoms with Crippen LogP contribution >= 0.6 is 0 Å². The van der Waals surface area contributed by atoms with Gasteiger partial charge in [-0.05, 0) is 41.8 Å². The molecule has 0 aromatic heterocycles. The lowest BCUT2D eigenvalue weighted by Crippen LogP contribution is -2.37. The van der Waals surface area contributed by atoms with Crippen molar-refractivity contribution in [2.75, 3.05) is 19.6 Å². The number of hydrogen-bond donors (Lipinski definition) is 1. The summed E-state index contributed by atoms with van der Waals surface area (Å²) in [6.07, 6.45) is 3.51. The maximum Gasteiger partial charge on any atom is 0.0916 e. The van der Waals surface area contributed by atoms with Gasteiger partial charge in [-0.3, -0.25) is 0 Å². The van der Waals surface area contributed by atoms with Crippen LogP contribution in [0.15, 0.2) is 24.3 Å². The van der Waals surface area contributed by atoms with Gasteiger partial charge in [0.25, 0.3) is 0 Å². The van der Waals surface area contributed by atoms with Gasteiger partial charge in [0.05, 0.1) is 6.10 Å².